The van der Waals surface area contributed by atoms with Gasteiger partial charge in [0.05, 0.1) is 35.2 Å². The van der Waals surface area contributed by atoms with Gasteiger partial charge in [0, 0.05) is 0 Å². The van der Waals surface area contributed by atoms with Crippen LogP contribution in [-0.4, -0.2) is 57.1 Å². The molecule has 2 heterocycles. The quantitative estimate of drug-likeness (QED) is 0.374. The Hall–Kier alpha value is -3.19. The van der Waals surface area contributed by atoms with Gasteiger partial charge in [0.2, 0.25) is 11.9 Å². The van der Waals surface area contributed by atoms with Crippen LogP contribution in [-0.2, 0) is 19.1 Å². The number of ether oxygens (including phenoxy) is 2. The third-order valence-corrected chi connectivity index (χ3v) is 5.98. The van der Waals surface area contributed by atoms with E-state index in [1.54, 1.807) is 32.0 Å². The predicted molar refractivity (Wildman–Crippen MR) is 116 cm³/mol. The number of nitrogens with one attached hydrogen (secondary N) is 1. The van der Waals surface area contributed by atoms with Crippen LogP contribution in [0.2, 0.25) is 0 Å². The molecule has 0 saturated heterocycles. The molecule has 31 heavy (non-hydrogen) atoms. The molecule has 3 rings (SSSR count). The van der Waals surface area contributed by atoms with Crippen LogP contribution in [0.4, 0.5) is 11.1 Å². The Labute approximate surface area is 185 Å². The highest BCUT2D eigenvalue weighted by atomic mass is 32.2. The monoisotopic (exact) mass is 464 g/mol. The van der Waals surface area contributed by atoms with E-state index in [9.17, 15) is 14.4 Å². The van der Waals surface area contributed by atoms with Crippen molar-refractivity contribution in [3.05, 3.63) is 23.8 Å². The van der Waals surface area contributed by atoms with Gasteiger partial charge in [0.15, 0.2) is 10.3 Å². The largest absolute Gasteiger partial charge is 0.468 e. The summed E-state index contributed by atoms with van der Waals surface area (Å²) in [4.78, 5) is 40.5. The van der Waals surface area contributed by atoms with Crippen LogP contribution in [0.15, 0.2) is 23.4 Å². The summed E-state index contributed by atoms with van der Waals surface area (Å²) in [6, 6.07) is 4.22. The van der Waals surface area contributed by atoms with E-state index in [1.165, 1.54) is 23.0 Å². The minimum atomic E-state index is -0.766. The second-order valence-corrected chi connectivity index (χ2v) is 8.14. The molecule has 164 valence electrons. The first-order valence-corrected chi connectivity index (χ1v) is 10.9. The number of hydrogen-bond acceptors (Lipinski definition) is 11. The summed E-state index contributed by atoms with van der Waals surface area (Å²) in [6.45, 7) is 3.65. The van der Waals surface area contributed by atoms with E-state index in [-0.39, 0.29) is 18.3 Å². The van der Waals surface area contributed by atoms with E-state index < -0.39 is 23.9 Å². The van der Waals surface area contributed by atoms with Gasteiger partial charge in [-0.3, -0.25) is 14.2 Å². The smallest absolute Gasteiger partial charge is 0.338 e. The maximum atomic E-state index is 12.8. The standard InChI is InChI=1S/C18H20N6O5S2/c1-4-29-15(27)10-5-6-11-12(7-10)31-17(20-11)21-14(26)9(2)24-16(19)22-23-18(24)30-8-13(25)28-3/h5-7,9H,4,8H2,1-3H3,(H2,19,22)(H,20,21,26). The summed E-state index contributed by atoms with van der Waals surface area (Å²) in [5.74, 6) is -1.21. The molecule has 0 bridgehead atoms. The van der Waals surface area contributed by atoms with Crippen LogP contribution in [0.3, 0.4) is 0 Å². The number of carbonyl (C=O) groups is 3. The molecule has 0 saturated carbocycles. The third-order valence-electron chi connectivity index (χ3n) is 4.13. The maximum Gasteiger partial charge on any atom is 0.338 e. The fraction of sp³-hybridized carbons (Fsp3) is 0.333. The number of esters is 2. The number of nitrogen functional groups attached to an aromatic ring is 1. The molecule has 0 fully saturated rings. The fourth-order valence-corrected chi connectivity index (χ4v) is 4.34. The Kier molecular flexibility index (Phi) is 7.07. The summed E-state index contributed by atoms with van der Waals surface area (Å²) >= 11 is 2.29. The summed E-state index contributed by atoms with van der Waals surface area (Å²) in [5, 5.41) is 11.1. The number of hydrogen-bond donors (Lipinski definition) is 2. The molecule has 1 amide bonds. The Balaban J connectivity index is 1.75. The number of nitrogens with two attached hydrogens (primary N) is 1. The lowest BCUT2D eigenvalue weighted by atomic mass is 10.2. The van der Waals surface area contributed by atoms with Gasteiger partial charge in [-0.2, -0.15) is 0 Å². The number of benzene rings is 1. The highest BCUT2D eigenvalue weighted by Crippen LogP contribution is 2.29. The number of thiazole rings is 1. The molecule has 2 aromatic heterocycles. The topological polar surface area (TPSA) is 151 Å². The van der Waals surface area contributed by atoms with Crippen molar-refractivity contribution in [1.29, 1.82) is 0 Å². The summed E-state index contributed by atoms with van der Waals surface area (Å²) < 4.78 is 11.8. The van der Waals surface area contributed by atoms with Gasteiger partial charge in [0.1, 0.15) is 6.04 Å². The Morgan fingerprint density at radius 3 is 2.81 bits per heavy atom. The molecule has 0 radical (unpaired) electrons. The van der Waals surface area contributed by atoms with Crippen LogP contribution >= 0.6 is 23.1 Å². The van der Waals surface area contributed by atoms with Gasteiger partial charge in [-0.1, -0.05) is 23.1 Å². The first-order chi connectivity index (χ1) is 14.8. The minimum Gasteiger partial charge on any atom is -0.468 e. The number of methoxy groups -OCH3 is 1. The van der Waals surface area contributed by atoms with Crippen molar-refractivity contribution in [2.75, 3.05) is 30.5 Å². The molecule has 11 nitrogen and oxygen atoms in total. The normalized spacial score (nSPS) is 11.8. The molecule has 3 aromatic rings. The lowest BCUT2D eigenvalue weighted by Gasteiger charge is -2.15. The lowest BCUT2D eigenvalue weighted by Crippen LogP contribution is -2.25. The highest BCUT2D eigenvalue weighted by molar-refractivity contribution is 7.99. The van der Waals surface area contributed by atoms with E-state index in [0.29, 0.717) is 21.4 Å². The zero-order valence-electron chi connectivity index (χ0n) is 16.9. The number of amides is 1. The van der Waals surface area contributed by atoms with Crippen molar-refractivity contribution >= 4 is 62.2 Å². The molecule has 1 aromatic carbocycles. The van der Waals surface area contributed by atoms with Crippen LogP contribution in [0.5, 0.6) is 0 Å². The predicted octanol–water partition coefficient (Wildman–Crippen LogP) is 2.11. The molecule has 1 unspecified atom stereocenters. The molecule has 1 atom stereocenters. The fourth-order valence-electron chi connectivity index (χ4n) is 2.58. The van der Waals surface area contributed by atoms with E-state index in [4.69, 9.17) is 10.5 Å². The minimum absolute atomic E-state index is 0.00361. The van der Waals surface area contributed by atoms with Crippen molar-refractivity contribution in [2.45, 2.75) is 25.0 Å². The number of thioether (sulfide) groups is 1. The molecule has 0 aliphatic carbocycles. The van der Waals surface area contributed by atoms with Gasteiger partial charge < -0.3 is 20.5 Å². The first-order valence-electron chi connectivity index (χ1n) is 9.12. The molecule has 0 aliphatic rings. The average Bonchev–Trinajstić information content (AvgIpc) is 3.33. The van der Waals surface area contributed by atoms with Crippen LogP contribution in [0.1, 0.15) is 30.2 Å². The Morgan fingerprint density at radius 1 is 1.32 bits per heavy atom. The number of nitrogens with zero attached hydrogens (tertiary/aromatic N) is 4. The van der Waals surface area contributed by atoms with Gasteiger partial charge in [-0.05, 0) is 32.0 Å². The Bertz CT molecular complexity index is 1130. The van der Waals surface area contributed by atoms with E-state index in [0.717, 1.165) is 16.5 Å². The van der Waals surface area contributed by atoms with Crippen LogP contribution in [0.25, 0.3) is 10.2 Å². The molecule has 0 spiro atoms. The summed E-state index contributed by atoms with van der Waals surface area (Å²) in [6.07, 6.45) is 0. The van der Waals surface area contributed by atoms with Gasteiger partial charge >= 0.3 is 11.9 Å². The highest BCUT2D eigenvalue weighted by Gasteiger charge is 2.24. The number of fused-ring (bicyclic) bond motifs is 1. The zero-order valence-corrected chi connectivity index (χ0v) is 18.6. The summed E-state index contributed by atoms with van der Waals surface area (Å²) in [5.41, 5.74) is 6.92. The molecule has 3 N–H and O–H groups in total. The second-order valence-electron chi connectivity index (χ2n) is 6.16. The van der Waals surface area contributed by atoms with Gasteiger partial charge in [-0.15, -0.1) is 10.2 Å². The maximum absolute atomic E-state index is 12.8. The summed E-state index contributed by atoms with van der Waals surface area (Å²) in [7, 11) is 1.28. The number of carbonyl (C=O) groups excluding carboxylic acids is 3. The second kappa shape index (κ2) is 9.75. The third kappa shape index (κ3) is 5.11. The van der Waals surface area contributed by atoms with E-state index >= 15 is 0 Å². The van der Waals surface area contributed by atoms with E-state index in [1.807, 2.05) is 0 Å². The van der Waals surface area contributed by atoms with Crippen molar-refractivity contribution < 1.29 is 23.9 Å². The lowest BCUT2D eigenvalue weighted by molar-refractivity contribution is -0.137. The molecule has 0 aliphatic heterocycles. The first kappa shape index (κ1) is 22.5. The number of rotatable bonds is 8. The average molecular weight is 465 g/mol. The van der Waals surface area contributed by atoms with Gasteiger partial charge in [-0.25, -0.2) is 9.78 Å². The van der Waals surface area contributed by atoms with E-state index in [2.05, 4.69) is 25.2 Å². The molecule has 13 heteroatoms. The van der Waals surface area contributed by atoms with Crippen LogP contribution in [0, 0.1) is 0 Å². The van der Waals surface area contributed by atoms with Crippen molar-refractivity contribution in [3.63, 3.8) is 0 Å². The van der Waals surface area contributed by atoms with Crippen molar-refractivity contribution in [1.82, 2.24) is 19.7 Å². The molecular weight excluding hydrogens is 444 g/mol. The van der Waals surface area contributed by atoms with Gasteiger partial charge in [0.25, 0.3) is 0 Å². The van der Waals surface area contributed by atoms with Crippen LogP contribution < -0.4 is 11.1 Å². The number of aromatic nitrogens is 4. The van der Waals surface area contributed by atoms with Crippen molar-refractivity contribution in [3.8, 4) is 0 Å². The number of anilines is 2. The Morgan fingerprint density at radius 2 is 2.10 bits per heavy atom. The van der Waals surface area contributed by atoms with Crippen molar-refractivity contribution in [2.24, 2.45) is 0 Å². The zero-order chi connectivity index (χ0) is 22.5. The molecular formula is C18H20N6O5S2. The SMILES string of the molecule is CCOC(=O)c1ccc2nc(NC(=O)C(C)n3c(N)nnc3SCC(=O)OC)sc2c1.